The molecule has 0 aliphatic carbocycles. The average Bonchev–Trinajstić information content (AvgIpc) is 2.20. The molecule has 4 heteroatoms. The Labute approximate surface area is 80.1 Å². The predicted octanol–water partition coefficient (Wildman–Crippen LogP) is 1.75. The van der Waals surface area contributed by atoms with E-state index in [1.54, 1.807) is 24.3 Å². The van der Waals surface area contributed by atoms with Gasteiger partial charge in [0.2, 0.25) is 0 Å². The number of nitrogens with zero attached hydrogens (tertiary/aromatic N) is 2. The Morgan fingerprint density at radius 2 is 2.07 bits per heavy atom. The van der Waals surface area contributed by atoms with Crippen molar-refractivity contribution >= 4 is 17.1 Å². The van der Waals surface area contributed by atoms with E-state index in [9.17, 15) is 5.11 Å². The third-order valence-electron chi connectivity index (χ3n) is 1.91. The van der Waals surface area contributed by atoms with Crippen LogP contribution in [0.5, 0.6) is 5.75 Å². The summed E-state index contributed by atoms with van der Waals surface area (Å²) in [6, 6.07) is 8.68. The van der Waals surface area contributed by atoms with Crippen molar-refractivity contribution in [3.8, 4) is 5.75 Å². The number of benzene rings is 1. The number of fused-ring (bicyclic) bond motifs is 1. The second-order valence-corrected chi connectivity index (χ2v) is 2.83. The van der Waals surface area contributed by atoms with Gasteiger partial charge in [0.25, 0.3) is 0 Å². The third kappa shape index (κ3) is 1.37. The summed E-state index contributed by atoms with van der Waals surface area (Å²) in [5.74, 6) is 0.121. The monoisotopic (exact) mass is 188 g/mol. The Morgan fingerprint density at radius 3 is 2.86 bits per heavy atom. The molecule has 14 heavy (non-hydrogen) atoms. The fourth-order valence-corrected chi connectivity index (χ4v) is 1.28. The van der Waals surface area contributed by atoms with E-state index in [4.69, 9.17) is 5.21 Å². The zero-order chi connectivity index (χ0) is 9.97. The Kier molecular flexibility index (Phi) is 2.02. The number of phenols is 1. The molecular formula is C10H8N2O2. The number of hydrogen-bond acceptors (Lipinski definition) is 4. The molecule has 0 aliphatic heterocycles. The van der Waals surface area contributed by atoms with Gasteiger partial charge in [-0.25, -0.2) is 4.98 Å². The molecule has 2 N–H and O–H groups in total. The van der Waals surface area contributed by atoms with E-state index in [2.05, 4.69) is 10.1 Å². The number of hydrogen-bond donors (Lipinski definition) is 2. The zero-order valence-electron chi connectivity index (χ0n) is 7.25. The number of oxime groups is 1. The molecule has 0 aliphatic rings. The van der Waals surface area contributed by atoms with Crippen molar-refractivity contribution in [2.75, 3.05) is 0 Å². The molecule has 4 nitrogen and oxygen atoms in total. The number of phenolic OH excluding ortho intramolecular Hbond substituents is 1. The van der Waals surface area contributed by atoms with Gasteiger partial charge in [-0.05, 0) is 12.1 Å². The molecule has 2 aromatic rings. The number of para-hydroxylation sites is 1. The number of rotatable bonds is 1. The zero-order valence-corrected chi connectivity index (χ0v) is 7.25. The quantitative estimate of drug-likeness (QED) is 0.407. The van der Waals surface area contributed by atoms with Crippen molar-refractivity contribution < 1.29 is 10.3 Å². The summed E-state index contributed by atoms with van der Waals surface area (Å²) in [4.78, 5) is 4.11. The maximum absolute atomic E-state index is 9.49. The molecule has 0 saturated heterocycles. The summed E-state index contributed by atoms with van der Waals surface area (Å²) in [7, 11) is 0. The molecule has 0 amide bonds. The Bertz CT molecular complexity index is 494. The maximum Gasteiger partial charge on any atom is 0.141 e. The second kappa shape index (κ2) is 3.33. The highest BCUT2D eigenvalue weighted by molar-refractivity contribution is 5.88. The van der Waals surface area contributed by atoms with Gasteiger partial charge in [-0.3, -0.25) is 0 Å². The largest absolute Gasteiger partial charge is 0.506 e. The van der Waals surface area contributed by atoms with Crippen LogP contribution in [-0.4, -0.2) is 21.5 Å². The molecule has 1 aromatic heterocycles. The van der Waals surface area contributed by atoms with Gasteiger partial charge in [-0.1, -0.05) is 23.4 Å². The standard InChI is InChI=1S/C10H8N2O2/c13-9-3-1-2-7-4-5-8(6-11-14)12-10(7)9/h1-6,13-14H/b11-6-. The predicted molar refractivity (Wildman–Crippen MR) is 52.8 cm³/mol. The molecule has 0 radical (unpaired) electrons. The van der Waals surface area contributed by atoms with Crippen molar-refractivity contribution in [2.45, 2.75) is 0 Å². The van der Waals surface area contributed by atoms with Crippen LogP contribution in [0.4, 0.5) is 0 Å². The van der Waals surface area contributed by atoms with E-state index in [0.717, 1.165) is 5.39 Å². The number of aromatic hydroxyl groups is 1. The van der Waals surface area contributed by atoms with Crippen molar-refractivity contribution in [1.29, 1.82) is 0 Å². The van der Waals surface area contributed by atoms with Gasteiger partial charge in [0.15, 0.2) is 0 Å². The minimum Gasteiger partial charge on any atom is -0.506 e. The van der Waals surface area contributed by atoms with Gasteiger partial charge in [0, 0.05) is 5.39 Å². The van der Waals surface area contributed by atoms with Crippen LogP contribution in [0, 0.1) is 0 Å². The first-order valence-electron chi connectivity index (χ1n) is 4.07. The van der Waals surface area contributed by atoms with E-state index < -0.39 is 0 Å². The first-order valence-corrected chi connectivity index (χ1v) is 4.07. The lowest BCUT2D eigenvalue weighted by Crippen LogP contribution is -1.88. The highest BCUT2D eigenvalue weighted by Gasteiger charge is 2.00. The third-order valence-corrected chi connectivity index (χ3v) is 1.91. The van der Waals surface area contributed by atoms with Crippen molar-refractivity contribution in [2.24, 2.45) is 5.16 Å². The highest BCUT2D eigenvalue weighted by atomic mass is 16.4. The van der Waals surface area contributed by atoms with Gasteiger partial charge in [-0.15, -0.1) is 0 Å². The molecule has 0 spiro atoms. The van der Waals surface area contributed by atoms with Crippen LogP contribution in [0.3, 0.4) is 0 Å². The van der Waals surface area contributed by atoms with Crippen molar-refractivity contribution in [1.82, 2.24) is 4.98 Å². The van der Waals surface area contributed by atoms with Crippen LogP contribution in [-0.2, 0) is 0 Å². The molecule has 0 unspecified atom stereocenters. The molecule has 1 heterocycles. The topological polar surface area (TPSA) is 65.7 Å². The summed E-state index contributed by atoms with van der Waals surface area (Å²) in [5, 5.41) is 21.5. The molecule has 70 valence electrons. The first-order chi connectivity index (χ1) is 6.81. The lowest BCUT2D eigenvalue weighted by molar-refractivity contribution is 0.321. The second-order valence-electron chi connectivity index (χ2n) is 2.83. The minimum absolute atomic E-state index is 0.121. The smallest absolute Gasteiger partial charge is 0.141 e. The molecule has 0 bridgehead atoms. The molecule has 0 fully saturated rings. The average molecular weight is 188 g/mol. The van der Waals surface area contributed by atoms with E-state index in [1.807, 2.05) is 6.07 Å². The highest BCUT2D eigenvalue weighted by Crippen LogP contribution is 2.21. The molecule has 0 atom stereocenters. The minimum atomic E-state index is 0.121. The van der Waals surface area contributed by atoms with E-state index in [0.29, 0.717) is 11.2 Å². The molecule has 1 aromatic carbocycles. The van der Waals surface area contributed by atoms with Crippen LogP contribution in [0.25, 0.3) is 10.9 Å². The normalized spacial score (nSPS) is 11.1. The Balaban J connectivity index is 2.69. The summed E-state index contributed by atoms with van der Waals surface area (Å²) in [6.07, 6.45) is 1.21. The van der Waals surface area contributed by atoms with Crippen LogP contribution in [0.15, 0.2) is 35.5 Å². The van der Waals surface area contributed by atoms with Crippen LogP contribution >= 0.6 is 0 Å². The maximum atomic E-state index is 9.49. The molecular weight excluding hydrogens is 180 g/mol. The van der Waals surface area contributed by atoms with E-state index in [-0.39, 0.29) is 5.75 Å². The SMILES string of the molecule is O/N=C\c1ccc2cccc(O)c2n1. The van der Waals surface area contributed by atoms with E-state index in [1.165, 1.54) is 6.21 Å². The lowest BCUT2D eigenvalue weighted by atomic mass is 10.2. The van der Waals surface area contributed by atoms with Crippen LogP contribution in [0.1, 0.15) is 5.69 Å². The molecule has 2 rings (SSSR count). The van der Waals surface area contributed by atoms with Gasteiger partial charge < -0.3 is 10.3 Å². The number of pyridine rings is 1. The van der Waals surface area contributed by atoms with Gasteiger partial charge in [0.05, 0.1) is 11.9 Å². The van der Waals surface area contributed by atoms with Gasteiger partial charge in [0.1, 0.15) is 11.3 Å². The van der Waals surface area contributed by atoms with Crippen molar-refractivity contribution in [3.63, 3.8) is 0 Å². The van der Waals surface area contributed by atoms with Gasteiger partial charge >= 0.3 is 0 Å². The number of aromatic nitrogens is 1. The fourth-order valence-electron chi connectivity index (χ4n) is 1.28. The first kappa shape index (κ1) is 8.50. The van der Waals surface area contributed by atoms with Crippen molar-refractivity contribution in [3.05, 3.63) is 36.0 Å². The van der Waals surface area contributed by atoms with Gasteiger partial charge in [-0.2, -0.15) is 0 Å². The Hall–Kier alpha value is -2.10. The molecule has 0 saturated carbocycles. The Morgan fingerprint density at radius 1 is 1.21 bits per heavy atom. The van der Waals surface area contributed by atoms with Crippen LogP contribution in [0.2, 0.25) is 0 Å². The van der Waals surface area contributed by atoms with Crippen LogP contribution < -0.4 is 0 Å². The summed E-state index contributed by atoms with van der Waals surface area (Å²) >= 11 is 0. The lowest BCUT2D eigenvalue weighted by Gasteiger charge is -1.99. The summed E-state index contributed by atoms with van der Waals surface area (Å²) in [5.41, 5.74) is 1.01. The summed E-state index contributed by atoms with van der Waals surface area (Å²) < 4.78 is 0. The summed E-state index contributed by atoms with van der Waals surface area (Å²) in [6.45, 7) is 0. The van der Waals surface area contributed by atoms with E-state index >= 15 is 0 Å². The fraction of sp³-hybridized carbons (Fsp3) is 0.